The second-order valence-corrected chi connectivity index (χ2v) is 8.39. The Morgan fingerprint density at radius 3 is 2.39 bits per heavy atom. The van der Waals surface area contributed by atoms with Gasteiger partial charge in [-0.25, -0.2) is 13.8 Å². The predicted octanol–water partition coefficient (Wildman–Crippen LogP) is 3.64. The average Bonchev–Trinajstić information content (AvgIpc) is 3.48. The molecular weight excluding hydrogens is 447 g/mol. The highest BCUT2D eigenvalue weighted by molar-refractivity contribution is 6.04. The lowest BCUT2D eigenvalue weighted by Crippen LogP contribution is -2.47. The van der Waals surface area contributed by atoms with Gasteiger partial charge in [0.15, 0.2) is 0 Å². The highest BCUT2D eigenvalue weighted by atomic mass is 19.4. The van der Waals surface area contributed by atoms with Crippen molar-refractivity contribution in [3.63, 3.8) is 0 Å². The Morgan fingerprint density at radius 2 is 1.88 bits per heavy atom. The van der Waals surface area contributed by atoms with Crippen molar-refractivity contribution in [2.45, 2.75) is 37.5 Å². The lowest BCUT2D eigenvalue weighted by Gasteiger charge is -2.27. The van der Waals surface area contributed by atoms with Crippen LogP contribution in [-0.4, -0.2) is 49.4 Å². The number of anilines is 1. The Kier molecular flexibility index (Phi) is 6.17. The number of benzene rings is 1. The monoisotopic (exact) mass is 470 g/mol. The minimum absolute atomic E-state index is 0.0263. The maximum atomic E-state index is 14.0. The summed E-state index contributed by atoms with van der Waals surface area (Å²) in [5.74, 6) is -3.41. The number of carbonyl (C=O) groups is 1. The molecule has 2 atom stereocenters. The van der Waals surface area contributed by atoms with Crippen LogP contribution in [0.5, 0.6) is 5.88 Å². The van der Waals surface area contributed by atoms with Gasteiger partial charge in [0.1, 0.15) is 17.7 Å². The number of aromatic nitrogens is 1. The molecule has 11 heteroatoms. The molecule has 2 aromatic rings. The summed E-state index contributed by atoms with van der Waals surface area (Å²) >= 11 is 0. The number of rotatable bonds is 6. The molecule has 0 bridgehead atoms. The Labute approximate surface area is 186 Å². The van der Waals surface area contributed by atoms with Crippen LogP contribution in [0.4, 0.5) is 27.6 Å². The van der Waals surface area contributed by atoms with Gasteiger partial charge in [0, 0.05) is 31.4 Å². The second-order valence-electron chi connectivity index (χ2n) is 8.39. The largest absolute Gasteiger partial charge is 0.480 e. The van der Waals surface area contributed by atoms with E-state index in [1.54, 1.807) is 4.90 Å². The van der Waals surface area contributed by atoms with Crippen LogP contribution in [0.1, 0.15) is 29.6 Å². The van der Waals surface area contributed by atoms with Gasteiger partial charge in [-0.2, -0.15) is 13.2 Å². The first-order chi connectivity index (χ1) is 15.6. The third-order valence-corrected chi connectivity index (χ3v) is 5.88. The van der Waals surface area contributed by atoms with Gasteiger partial charge in [0.05, 0.1) is 23.9 Å². The first kappa shape index (κ1) is 23.2. The molecule has 1 saturated heterocycles. The second kappa shape index (κ2) is 8.77. The van der Waals surface area contributed by atoms with Gasteiger partial charge in [-0.05, 0) is 42.9 Å². The number of ether oxygens (including phenoxy) is 1. The zero-order chi connectivity index (χ0) is 23.9. The molecule has 4 rings (SSSR count). The number of methoxy groups -OCH3 is 1. The van der Waals surface area contributed by atoms with Crippen LogP contribution in [0.25, 0.3) is 11.1 Å². The summed E-state index contributed by atoms with van der Waals surface area (Å²) in [5, 5.41) is 2.10. The standard InChI is InChI=1S/C22H23F5N4O2/c1-33-21-17(12-6-13(23)8-14(24)7-12)18(31-5-4-15(28)10-31)16(9-29-21)20(32)30-19(11-2-3-11)22(25,26)27/h6-9,11,15,19H,2-5,10,28H2,1H3,(H,30,32)/t15-,19?/m0/s1. The van der Waals surface area contributed by atoms with Gasteiger partial charge >= 0.3 is 6.18 Å². The van der Waals surface area contributed by atoms with Crippen molar-refractivity contribution in [2.24, 2.45) is 11.7 Å². The van der Waals surface area contributed by atoms with Crippen LogP contribution in [0.2, 0.25) is 0 Å². The zero-order valence-electron chi connectivity index (χ0n) is 17.8. The average molecular weight is 470 g/mol. The molecule has 2 heterocycles. The Hall–Kier alpha value is -2.95. The normalized spacial score (nSPS) is 19.5. The van der Waals surface area contributed by atoms with Gasteiger partial charge in [0.2, 0.25) is 5.88 Å². The topological polar surface area (TPSA) is 80.5 Å². The Morgan fingerprint density at radius 1 is 1.21 bits per heavy atom. The first-order valence-corrected chi connectivity index (χ1v) is 10.5. The fourth-order valence-electron chi connectivity index (χ4n) is 4.20. The third-order valence-electron chi connectivity index (χ3n) is 5.88. The molecule has 2 fully saturated rings. The van der Waals surface area contributed by atoms with Crippen LogP contribution >= 0.6 is 0 Å². The molecule has 2 aliphatic rings. The number of halogens is 5. The van der Waals surface area contributed by atoms with Crippen LogP contribution in [0, 0.1) is 17.6 Å². The third kappa shape index (κ3) is 4.87. The minimum atomic E-state index is -4.61. The minimum Gasteiger partial charge on any atom is -0.480 e. The van der Waals surface area contributed by atoms with Crippen LogP contribution in [-0.2, 0) is 0 Å². The molecule has 3 N–H and O–H groups in total. The van der Waals surface area contributed by atoms with Crippen molar-refractivity contribution < 1.29 is 31.5 Å². The van der Waals surface area contributed by atoms with Crippen molar-refractivity contribution in [3.05, 3.63) is 41.6 Å². The summed E-state index contributed by atoms with van der Waals surface area (Å²) in [6.07, 6.45) is -2.19. The molecule has 0 spiro atoms. The van der Waals surface area contributed by atoms with E-state index in [4.69, 9.17) is 10.5 Å². The lowest BCUT2D eigenvalue weighted by molar-refractivity contribution is -0.158. The van der Waals surface area contributed by atoms with E-state index >= 15 is 0 Å². The summed E-state index contributed by atoms with van der Waals surface area (Å²) in [4.78, 5) is 18.9. The number of alkyl halides is 3. The highest BCUT2D eigenvalue weighted by Gasteiger charge is 2.50. The predicted molar refractivity (Wildman–Crippen MR) is 111 cm³/mol. The summed E-state index contributed by atoms with van der Waals surface area (Å²) in [5.41, 5.74) is 6.19. The number of pyridine rings is 1. The van der Waals surface area contributed by atoms with E-state index in [2.05, 4.69) is 10.3 Å². The van der Waals surface area contributed by atoms with Crippen molar-refractivity contribution in [3.8, 4) is 17.0 Å². The number of nitrogens with zero attached hydrogens (tertiary/aromatic N) is 2. The Bertz CT molecular complexity index is 1040. The molecule has 1 saturated carbocycles. The summed E-state index contributed by atoms with van der Waals surface area (Å²) in [7, 11) is 1.30. The molecule has 1 unspecified atom stereocenters. The quantitative estimate of drug-likeness (QED) is 0.631. The maximum Gasteiger partial charge on any atom is 0.408 e. The lowest BCUT2D eigenvalue weighted by atomic mass is 10.00. The van der Waals surface area contributed by atoms with E-state index in [9.17, 15) is 26.7 Å². The van der Waals surface area contributed by atoms with E-state index in [0.29, 0.717) is 38.4 Å². The van der Waals surface area contributed by atoms with Gasteiger partial charge in [-0.15, -0.1) is 0 Å². The maximum absolute atomic E-state index is 14.0. The molecule has 0 radical (unpaired) electrons. The summed E-state index contributed by atoms with van der Waals surface area (Å²) in [6, 6.07) is 0.552. The van der Waals surface area contributed by atoms with Crippen LogP contribution < -0.4 is 20.7 Å². The fourth-order valence-corrected chi connectivity index (χ4v) is 4.20. The molecule has 1 aromatic carbocycles. The van der Waals surface area contributed by atoms with E-state index in [1.165, 1.54) is 7.11 Å². The molecule has 1 aliphatic carbocycles. The Balaban J connectivity index is 1.85. The van der Waals surface area contributed by atoms with E-state index in [-0.39, 0.29) is 34.3 Å². The highest BCUT2D eigenvalue weighted by Crippen LogP contribution is 2.43. The van der Waals surface area contributed by atoms with E-state index in [0.717, 1.165) is 18.3 Å². The summed E-state index contributed by atoms with van der Waals surface area (Å²) in [6.45, 7) is 0.689. The molecule has 1 amide bonds. The van der Waals surface area contributed by atoms with Crippen molar-refractivity contribution in [1.29, 1.82) is 0 Å². The number of hydrogen-bond acceptors (Lipinski definition) is 5. The van der Waals surface area contributed by atoms with E-state index in [1.807, 2.05) is 0 Å². The van der Waals surface area contributed by atoms with E-state index < -0.39 is 35.7 Å². The van der Waals surface area contributed by atoms with Crippen LogP contribution in [0.3, 0.4) is 0 Å². The molecule has 6 nitrogen and oxygen atoms in total. The number of carbonyl (C=O) groups excluding carboxylic acids is 1. The van der Waals surface area contributed by atoms with Gasteiger partial charge in [-0.1, -0.05) is 0 Å². The molecule has 178 valence electrons. The number of amides is 1. The van der Waals surface area contributed by atoms with Gasteiger partial charge in [0.25, 0.3) is 5.91 Å². The first-order valence-electron chi connectivity index (χ1n) is 10.5. The van der Waals surface area contributed by atoms with Crippen LogP contribution in [0.15, 0.2) is 24.4 Å². The molecular formula is C22H23F5N4O2. The van der Waals surface area contributed by atoms with Crippen molar-refractivity contribution in [2.75, 3.05) is 25.1 Å². The van der Waals surface area contributed by atoms with Gasteiger partial charge in [-0.3, -0.25) is 4.79 Å². The smallest absolute Gasteiger partial charge is 0.408 e. The van der Waals surface area contributed by atoms with Crippen molar-refractivity contribution >= 4 is 11.6 Å². The molecule has 1 aromatic heterocycles. The SMILES string of the molecule is COc1ncc(C(=O)NC(C2CC2)C(F)(F)F)c(N2CC[C@H](N)C2)c1-c1cc(F)cc(F)c1. The number of hydrogen-bond donors (Lipinski definition) is 2. The fraction of sp³-hybridized carbons (Fsp3) is 0.455. The number of nitrogens with one attached hydrogen (secondary N) is 1. The molecule has 33 heavy (non-hydrogen) atoms. The molecule has 1 aliphatic heterocycles. The summed E-state index contributed by atoms with van der Waals surface area (Å²) < 4.78 is 74.0. The van der Waals surface area contributed by atoms with Crippen molar-refractivity contribution in [1.82, 2.24) is 10.3 Å². The number of nitrogens with two attached hydrogens (primary N) is 1. The van der Waals surface area contributed by atoms with Gasteiger partial charge < -0.3 is 20.7 Å². The zero-order valence-corrected chi connectivity index (χ0v) is 17.8.